The van der Waals surface area contributed by atoms with Gasteiger partial charge in [-0.2, -0.15) is 5.10 Å². The fourth-order valence-corrected chi connectivity index (χ4v) is 1.36. The number of aromatic nitrogens is 2. The third-order valence-corrected chi connectivity index (χ3v) is 2.52. The lowest BCUT2D eigenvalue weighted by molar-refractivity contribution is 0.0802. The number of nitrogen functional groups attached to an aromatic ring is 1. The van der Waals surface area contributed by atoms with Gasteiger partial charge < -0.3 is 15.8 Å². The summed E-state index contributed by atoms with van der Waals surface area (Å²) in [4.78, 5) is 11.9. The number of rotatable bonds is 6. The highest BCUT2D eigenvalue weighted by Gasteiger charge is 2.19. The van der Waals surface area contributed by atoms with Crippen LogP contribution in [0.5, 0.6) is 0 Å². The molecular formula is C11H20N4O2. The number of nitrogens with zero attached hydrogens (tertiary/aromatic N) is 1. The van der Waals surface area contributed by atoms with E-state index in [2.05, 4.69) is 15.5 Å². The number of nitrogens with two attached hydrogens (primary N) is 1. The quantitative estimate of drug-likeness (QED) is 0.685. The van der Waals surface area contributed by atoms with Crippen molar-refractivity contribution in [2.45, 2.75) is 26.8 Å². The highest BCUT2D eigenvalue weighted by molar-refractivity contribution is 5.97. The number of nitrogens with one attached hydrogen (secondary N) is 2. The van der Waals surface area contributed by atoms with Gasteiger partial charge in [0, 0.05) is 6.61 Å². The number of amides is 1. The Balaban J connectivity index is 2.61. The molecule has 0 aromatic carbocycles. The lowest BCUT2D eigenvalue weighted by Crippen LogP contribution is -2.42. The van der Waals surface area contributed by atoms with E-state index in [0.717, 1.165) is 0 Å². The van der Waals surface area contributed by atoms with Gasteiger partial charge in [-0.3, -0.25) is 9.89 Å². The first-order chi connectivity index (χ1) is 8.06. The first-order valence-electron chi connectivity index (χ1n) is 5.73. The Bertz CT molecular complexity index is 362. The molecule has 0 aliphatic rings. The van der Waals surface area contributed by atoms with Crippen LogP contribution in [0.3, 0.4) is 0 Å². The molecule has 0 spiro atoms. The van der Waals surface area contributed by atoms with Gasteiger partial charge in [-0.15, -0.1) is 0 Å². The summed E-state index contributed by atoms with van der Waals surface area (Å²) in [6.45, 7) is 7.10. The number of anilines is 1. The molecule has 0 saturated heterocycles. The van der Waals surface area contributed by atoms with Gasteiger partial charge in [-0.1, -0.05) is 13.8 Å². The van der Waals surface area contributed by atoms with Crippen LogP contribution >= 0.6 is 0 Å². The van der Waals surface area contributed by atoms with Crippen LogP contribution in [0, 0.1) is 5.92 Å². The molecule has 0 fully saturated rings. The predicted molar refractivity (Wildman–Crippen MR) is 65.6 cm³/mol. The Morgan fingerprint density at radius 1 is 1.65 bits per heavy atom. The average Bonchev–Trinajstić information content (AvgIpc) is 2.70. The van der Waals surface area contributed by atoms with E-state index >= 15 is 0 Å². The Labute approximate surface area is 101 Å². The van der Waals surface area contributed by atoms with E-state index in [-0.39, 0.29) is 17.9 Å². The van der Waals surface area contributed by atoms with Gasteiger partial charge in [-0.25, -0.2) is 0 Å². The van der Waals surface area contributed by atoms with Crippen LogP contribution in [-0.2, 0) is 4.74 Å². The molecule has 0 radical (unpaired) electrons. The normalized spacial score (nSPS) is 12.7. The number of hydrogen-bond acceptors (Lipinski definition) is 4. The summed E-state index contributed by atoms with van der Waals surface area (Å²) < 4.78 is 5.33. The summed E-state index contributed by atoms with van der Waals surface area (Å²) in [5.41, 5.74) is 6.25. The van der Waals surface area contributed by atoms with Crippen LogP contribution in [0.15, 0.2) is 6.20 Å². The molecule has 17 heavy (non-hydrogen) atoms. The number of carbonyl (C=O) groups is 1. The molecule has 6 nitrogen and oxygen atoms in total. The van der Waals surface area contributed by atoms with Gasteiger partial charge in [0.1, 0.15) is 5.69 Å². The zero-order chi connectivity index (χ0) is 12.8. The number of carbonyl (C=O) groups excluding carboxylic acids is 1. The molecule has 1 heterocycles. The van der Waals surface area contributed by atoms with Gasteiger partial charge in [-0.05, 0) is 12.8 Å². The minimum Gasteiger partial charge on any atom is -0.396 e. The van der Waals surface area contributed by atoms with Crippen molar-refractivity contribution in [2.24, 2.45) is 5.92 Å². The Hall–Kier alpha value is -1.56. The molecular weight excluding hydrogens is 220 g/mol. The Morgan fingerprint density at radius 3 is 2.82 bits per heavy atom. The van der Waals surface area contributed by atoms with Crippen molar-refractivity contribution in [1.82, 2.24) is 15.5 Å². The van der Waals surface area contributed by atoms with Crippen LogP contribution in [0.2, 0.25) is 0 Å². The summed E-state index contributed by atoms with van der Waals surface area (Å²) in [5, 5.41) is 9.17. The van der Waals surface area contributed by atoms with Crippen LogP contribution < -0.4 is 11.1 Å². The number of H-pyrrole nitrogens is 1. The zero-order valence-corrected chi connectivity index (χ0v) is 10.5. The smallest absolute Gasteiger partial charge is 0.271 e. The maximum absolute atomic E-state index is 11.9. The fraction of sp³-hybridized carbons (Fsp3) is 0.636. The Kier molecular flexibility index (Phi) is 4.96. The predicted octanol–water partition coefficient (Wildman–Crippen LogP) is 0.783. The van der Waals surface area contributed by atoms with E-state index < -0.39 is 0 Å². The van der Waals surface area contributed by atoms with Crippen molar-refractivity contribution in [3.05, 3.63) is 11.9 Å². The van der Waals surface area contributed by atoms with E-state index in [9.17, 15) is 4.79 Å². The Morgan fingerprint density at radius 2 is 2.35 bits per heavy atom. The molecule has 1 amide bonds. The standard InChI is InChI=1S/C11H20N4O2/c1-4-17-6-9(7(2)3)14-11(16)10-8(12)5-13-15-10/h5,7,9H,4,6,12H2,1-3H3,(H,13,15)(H,14,16). The van der Waals surface area contributed by atoms with Crippen molar-refractivity contribution in [2.75, 3.05) is 18.9 Å². The second-order valence-electron chi connectivity index (χ2n) is 4.18. The van der Waals surface area contributed by atoms with Gasteiger partial charge in [0.25, 0.3) is 5.91 Å². The molecule has 4 N–H and O–H groups in total. The van der Waals surface area contributed by atoms with Crippen molar-refractivity contribution in [3.63, 3.8) is 0 Å². The fourth-order valence-electron chi connectivity index (χ4n) is 1.36. The van der Waals surface area contributed by atoms with E-state index in [4.69, 9.17) is 10.5 Å². The lowest BCUT2D eigenvalue weighted by atomic mass is 10.1. The summed E-state index contributed by atoms with van der Waals surface area (Å²) in [6, 6.07) is -0.0369. The summed E-state index contributed by atoms with van der Waals surface area (Å²) >= 11 is 0. The van der Waals surface area contributed by atoms with E-state index in [1.54, 1.807) is 0 Å². The molecule has 0 saturated carbocycles. The maximum Gasteiger partial charge on any atom is 0.271 e. The van der Waals surface area contributed by atoms with E-state index in [1.165, 1.54) is 6.20 Å². The van der Waals surface area contributed by atoms with Gasteiger partial charge >= 0.3 is 0 Å². The van der Waals surface area contributed by atoms with Crippen LogP contribution in [-0.4, -0.2) is 35.4 Å². The third kappa shape index (κ3) is 3.74. The van der Waals surface area contributed by atoms with Gasteiger partial charge in [0.15, 0.2) is 0 Å². The first kappa shape index (κ1) is 13.5. The SMILES string of the molecule is CCOCC(NC(=O)c1[nH]ncc1N)C(C)C. The molecule has 6 heteroatoms. The molecule has 0 aliphatic carbocycles. The van der Waals surface area contributed by atoms with Crippen LogP contribution in [0.1, 0.15) is 31.3 Å². The van der Waals surface area contributed by atoms with E-state index in [1.807, 2.05) is 20.8 Å². The number of ether oxygens (including phenoxy) is 1. The monoisotopic (exact) mass is 240 g/mol. The van der Waals surface area contributed by atoms with E-state index in [0.29, 0.717) is 24.6 Å². The van der Waals surface area contributed by atoms with Crippen molar-refractivity contribution in [1.29, 1.82) is 0 Å². The molecule has 1 aromatic heterocycles. The van der Waals surface area contributed by atoms with Crippen LogP contribution in [0.4, 0.5) is 5.69 Å². The molecule has 1 rings (SSSR count). The topological polar surface area (TPSA) is 93.0 Å². The minimum atomic E-state index is -0.251. The summed E-state index contributed by atoms with van der Waals surface area (Å²) in [5.74, 6) is 0.0352. The van der Waals surface area contributed by atoms with Crippen molar-refractivity contribution < 1.29 is 9.53 Å². The second-order valence-corrected chi connectivity index (χ2v) is 4.18. The molecule has 0 aliphatic heterocycles. The maximum atomic E-state index is 11.9. The summed E-state index contributed by atoms with van der Waals surface area (Å²) in [7, 11) is 0. The first-order valence-corrected chi connectivity index (χ1v) is 5.73. The van der Waals surface area contributed by atoms with Gasteiger partial charge in [0.05, 0.1) is 24.5 Å². The highest BCUT2D eigenvalue weighted by Crippen LogP contribution is 2.08. The highest BCUT2D eigenvalue weighted by atomic mass is 16.5. The molecule has 1 unspecified atom stereocenters. The van der Waals surface area contributed by atoms with Gasteiger partial charge in [0.2, 0.25) is 0 Å². The molecule has 0 bridgehead atoms. The number of aromatic amines is 1. The average molecular weight is 240 g/mol. The molecule has 1 aromatic rings. The minimum absolute atomic E-state index is 0.0369. The molecule has 96 valence electrons. The van der Waals surface area contributed by atoms with Crippen molar-refractivity contribution >= 4 is 11.6 Å². The lowest BCUT2D eigenvalue weighted by Gasteiger charge is -2.21. The number of hydrogen-bond donors (Lipinski definition) is 3. The largest absolute Gasteiger partial charge is 0.396 e. The second kappa shape index (κ2) is 6.24. The third-order valence-electron chi connectivity index (χ3n) is 2.52. The van der Waals surface area contributed by atoms with Crippen LogP contribution in [0.25, 0.3) is 0 Å². The zero-order valence-electron chi connectivity index (χ0n) is 10.5. The summed E-state index contributed by atoms with van der Waals surface area (Å²) in [6.07, 6.45) is 1.42. The van der Waals surface area contributed by atoms with Crippen molar-refractivity contribution in [3.8, 4) is 0 Å². The molecule has 1 atom stereocenters.